The molecule has 1 aromatic carbocycles. The number of carbonyl (C=O) groups excluding carboxylic acids is 2. The highest BCUT2D eigenvalue weighted by atomic mass is 32.2. The van der Waals surface area contributed by atoms with Gasteiger partial charge in [0, 0.05) is 12.6 Å². The number of thioether (sulfide) groups is 1. The predicted octanol–water partition coefficient (Wildman–Crippen LogP) is 4.15. The lowest BCUT2D eigenvalue weighted by Crippen LogP contribution is -2.18. The fourth-order valence-corrected chi connectivity index (χ4v) is 2.44. The van der Waals surface area contributed by atoms with Crippen molar-refractivity contribution in [1.29, 1.82) is 0 Å². The summed E-state index contributed by atoms with van der Waals surface area (Å²) in [5.41, 5.74) is 3.18. The van der Waals surface area contributed by atoms with Crippen LogP contribution in [-0.4, -0.2) is 16.8 Å². The Labute approximate surface area is 125 Å². The number of nitrogens with one attached hydrogen (secondary N) is 1. The lowest BCUT2D eigenvalue weighted by atomic mass is 9.92. The Morgan fingerprint density at radius 3 is 2.00 bits per heavy atom. The first-order chi connectivity index (χ1) is 9.32. The number of para-hydroxylation sites is 1. The Kier molecular flexibility index (Phi) is 6.27. The van der Waals surface area contributed by atoms with Crippen molar-refractivity contribution in [3.05, 3.63) is 29.3 Å². The van der Waals surface area contributed by atoms with E-state index in [0.29, 0.717) is 11.8 Å². The summed E-state index contributed by atoms with van der Waals surface area (Å²) in [6.07, 6.45) is 0. The normalized spacial score (nSPS) is 10.9. The maximum atomic E-state index is 12.0. The van der Waals surface area contributed by atoms with Gasteiger partial charge in [-0.1, -0.05) is 57.7 Å². The van der Waals surface area contributed by atoms with Crippen molar-refractivity contribution in [3.63, 3.8) is 0 Å². The Balaban J connectivity index is 3.01. The Hall–Kier alpha value is -1.29. The number of rotatable bonds is 5. The van der Waals surface area contributed by atoms with Crippen LogP contribution in [0.15, 0.2) is 18.2 Å². The highest BCUT2D eigenvalue weighted by Crippen LogP contribution is 2.32. The minimum absolute atomic E-state index is 0.0404. The highest BCUT2D eigenvalue weighted by molar-refractivity contribution is 8.14. The maximum absolute atomic E-state index is 12.0. The standard InChI is InChI=1S/C16H23NO2S/c1-10(2)13-7-6-8-14(11(3)4)16(13)17-15(19)9-20-12(5)18/h6-8,10-11H,9H2,1-5H3,(H,17,19). The molecule has 0 heterocycles. The van der Waals surface area contributed by atoms with Crippen molar-refractivity contribution >= 4 is 28.5 Å². The highest BCUT2D eigenvalue weighted by Gasteiger charge is 2.16. The van der Waals surface area contributed by atoms with Gasteiger partial charge >= 0.3 is 0 Å². The van der Waals surface area contributed by atoms with Gasteiger partial charge in [0.1, 0.15) is 0 Å². The second-order valence-electron chi connectivity index (χ2n) is 5.45. The first kappa shape index (κ1) is 16.8. The molecule has 110 valence electrons. The molecule has 1 amide bonds. The van der Waals surface area contributed by atoms with Gasteiger partial charge in [0.2, 0.25) is 5.91 Å². The quantitative estimate of drug-likeness (QED) is 0.887. The fourth-order valence-electron chi connectivity index (χ4n) is 2.04. The molecule has 0 aromatic heterocycles. The zero-order valence-corrected chi connectivity index (χ0v) is 13.6. The van der Waals surface area contributed by atoms with E-state index in [4.69, 9.17) is 0 Å². The summed E-state index contributed by atoms with van der Waals surface area (Å²) in [5.74, 6) is 0.716. The van der Waals surface area contributed by atoms with Gasteiger partial charge in [-0.05, 0) is 23.0 Å². The summed E-state index contributed by atoms with van der Waals surface area (Å²) in [6, 6.07) is 6.12. The lowest BCUT2D eigenvalue weighted by Gasteiger charge is -2.20. The summed E-state index contributed by atoms with van der Waals surface area (Å²) in [6.45, 7) is 9.91. The van der Waals surface area contributed by atoms with Crippen molar-refractivity contribution in [1.82, 2.24) is 0 Å². The van der Waals surface area contributed by atoms with Crippen LogP contribution in [0.3, 0.4) is 0 Å². The molecule has 0 bridgehead atoms. The summed E-state index contributed by atoms with van der Waals surface area (Å²) in [4.78, 5) is 22.9. The molecule has 3 nitrogen and oxygen atoms in total. The number of benzene rings is 1. The zero-order chi connectivity index (χ0) is 15.3. The van der Waals surface area contributed by atoms with Crippen LogP contribution in [0.2, 0.25) is 0 Å². The van der Waals surface area contributed by atoms with Crippen LogP contribution in [0.25, 0.3) is 0 Å². The molecule has 0 spiro atoms. The SMILES string of the molecule is CC(=O)SCC(=O)Nc1c(C(C)C)cccc1C(C)C. The molecule has 1 aromatic rings. The zero-order valence-electron chi connectivity index (χ0n) is 12.8. The molecular weight excluding hydrogens is 270 g/mol. The minimum Gasteiger partial charge on any atom is -0.325 e. The molecule has 0 saturated carbocycles. The van der Waals surface area contributed by atoms with Gasteiger partial charge in [-0.2, -0.15) is 0 Å². The molecule has 0 aliphatic heterocycles. The van der Waals surface area contributed by atoms with E-state index in [1.165, 1.54) is 6.92 Å². The molecule has 0 atom stereocenters. The second kappa shape index (κ2) is 7.48. The van der Waals surface area contributed by atoms with E-state index in [9.17, 15) is 9.59 Å². The van der Waals surface area contributed by atoms with Gasteiger partial charge in [-0.15, -0.1) is 0 Å². The van der Waals surface area contributed by atoms with E-state index >= 15 is 0 Å². The molecule has 0 aliphatic rings. The van der Waals surface area contributed by atoms with E-state index in [2.05, 4.69) is 33.0 Å². The van der Waals surface area contributed by atoms with Crippen LogP contribution in [0, 0.1) is 0 Å². The summed E-state index contributed by atoms with van der Waals surface area (Å²) in [7, 11) is 0. The van der Waals surface area contributed by atoms with E-state index in [1.54, 1.807) is 0 Å². The third kappa shape index (κ3) is 4.67. The lowest BCUT2D eigenvalue weighted by molar-refractivity contribution is -0.114. The number of amides is 1. The maximum Gasteiger partial charge on any atom is 0.234 e. The summed E-state index contributed by atoms with van der Waals surface area (Å²) < 4.78 is 0. The summed E-state index contributed by atoms with van der Waals surface area (Å²) >= 11 is 1.04. The molecule has 0 fully saturated rings. The van der Waals surface area contributed by atoms with E-state index in [1.807, 2.05) is 18.2 Å². The Bertz CT molecular complexity index is 469. The van der Waals surface area contributed by atoms with E-state index < -0.39 is 0 Å². The van der Waals surface area contributed by atoms with Crippen LogP contribution in [0.1, 0.15) is 57.6 Å². The van der Waals surface area contributed by atoms with E-state index in [-0.39, 0.29) is 16.8 Å². The van der Waals surface area contributed by atoms with Crippen molar-refractivity contribution in [2.45, 2.75) is 46.5 Å². The van der Waals surface area contributed by atoms with Crippen LogP contribution in [0.5, 0.6) is 0 Å². The molecule has 4 heteroatoms. The molecule has 1 rings (SSSR count). The first-order valence-electron chi connectivity index (χ1n) is 6.89. The molecular formula is C16H23NO2S. The van der Waals surface area contributed by atoms with Crippen molar-refractivity contribution in [2.24, 2.45) is 0 Å². The van der Waals surface area contributed by atoms with Gasteiger partial charge in [0.25, 0.3) is 0 Å². The Morgan fingerprint density at radius 2 is 1.60 bits per heavy atom. The van der Waals surface area contributed by atoms with Gasteiger partial charge < -0.3 is 5.32 Å². The molecule has 20 heavy (non-hydrogen) atoms. The van der Waals surface area contributed by atoms with Crippen LogP contribution < -0.4 is 5.32 Å². The largest absolute Gasteiger partial charge is 0.325 e. The van der Waals surface area contributed by atoms with Crippen molar-refractivity contribution < 1.29 is 9.59 Å². The van der Waals surface area contributed by atoms with Crippen LogP contribution >= 0.6 is 11.8 Å². The number of anilines is 1. The minimum atomic E-state index is -0.125. The second-order valence-corrected chi connectivity index (χ2v) is 6.60. The average molecular weight is 293 g/mol. The number of hydrogen-bond acceptors (Lipinski definition) is 3. The van der Waals surface area contributed by atoms with Gasteiger partial charge in [-0.25, -0.2) is 0 Å². The van der Waals surface area contributed by atoms with Crippen molar-refractivity contribution in [2.75, 3.05) is 11.1 Å². The average Bonchev–Trinajstić information content (AvgIpc) is 2.36. The number of hydrogen-bond donors (Lipinski definition) is 1. The number of carbonyl (C=O) groups is 2. The topological polar surface area (TPSA) is 46.2 Å². The third-order valence-electron chi connectivity index (χ3n) is 3.04. The molecule has 1 N–H and O–H groups in total. The first-order valence-corrected chi connectivity index (χ1v) is 7.87. The monoisotopic (exact) mass is 293 g/mol. The van der Waals surface area contributed by atoms with Gasteiger partial charge in [0.05, 0.1) is 5.75 Å². The van der Waals surface area contributed by atoms with Crippen LogP contribution in [-0.2, 0) is 9.59 Å². The Morgan fingerprint density at radius 1 is 1.10 bits per heavy atom. The van der Waals surface area contributed by atoms with Crippen molar-refractivity contribution in [3.8, 4) is 0 Å². The predicted molar refractivity (Wildman–Crippen MR) is 86.4 cm³/mol. The van der Waals surface area contributed by atoms with Gasteiger partial charge in [0.15, 0.2) is 5.12 Å². The molecule has 0 saturated heterocycles. The van der Waals surface area contributed by atoms with E-state index in [0.717, 1.165) is 28.6 Å². The summed E-state index contributed by atoms with van der Waals surface area (Å²) in [5, 5.41) is 2.94. The smallest absolute Gasteiger partial charge is 0.234 e. The third-order valence-corrected chi connectivity index (χ3v) is 3.86. The molecule has 0 aliphatic carbocycles. The van der Waals surface area contributed by atoms with Gasteiger partial charge in [-0.3, -0.25) is 9.59 Å². The molecule has 0 radical (unpaired) electrons. The fraction of sp³-hybridized carbons (Fsp3) is 0.500. The molecule has 0 unspecified atom stereocenters. The van der Waals surface area contributed by atoms with Crippen LogP contribution in [0.4, 0.5) is 5.69 Å².